The Labute approximate surface area is 167 Å². The number of morpholine rings is 1. The lowest BCUT2D eigenvalue weighted by molar-refractivity contribution is 0.0786. The van der Waals surface area contributed by atoms with Crippen LogP contribution in [0.4, 0.5) is 10.1 Å². The highest BCUT2D eigenvalue weighted by Gasteiger charge is 2.31. The van der Waals surface area contributed by atoms with Crippen LogP contribution in [0.2, 0.25) is 0 Å². The molecule has 4 heterocycles. The van der Waals surface area contributed by atoms with Crippen LogP contribution in [-0.4, -0.2) is 64.8 Å². The number of pyridine rings is 1. The van der Waals surface area contributed by atoms with E-state index >= 15 is 0 Å². The molecule has 2 saturated heterocycles. The van der Waals surface area contributed by atoms with Gasteiger partial charge in [-0.25, -0.2) is 13.9 Å². The first kappa shape index (κ1) is 18.1. The Morgan fingerprint density at radius 2 is 1.93 bits per heavy atom. The second-order valence-electron chi connectivity index (χ2n) is 7.48. The molecule has 5 rings (SSSR count). The van der Waals surface area contributed by atoms with Crippen molar-refractivity contribution >= 4 is 17.2 Å². The molecule has 0 bridgehead atoms. The number of hydrogen-bond acceptors (Lipinski definition) is 5. The number of aromatic nitrogens is 3. The second kappa shape index (κ2) is 7.44. The Morgan fingerprint density at radius 1 is 1.10 bits per heavy atom. The Kier molecular flexibility index (Phi) is 4.63. The van der Waals surface area contributed by atoms with Gasteiger partial charge in [0.25, 0.3) is 5.91 Å². The van der Waals surface area contributed by atoms with Gasteiger partial charge >= 0.3 is 0 Å². The lowest BCUT2D eigenvalue weighted by Gasteiger charge is -2.28. The molecule has 1 amide bonds. The molecule has 8 heteroatoms. The number of amides is 1. The van der Waals surface area contributed by atoms with Crippen molar-refractivity contribution in [3.05, 3.63) is 59.8 Å². The zero-order valence-corrected chi connectivity index (χ0v) is 16.0. The zero-order chi connectivity index (χ0) is 19.8. The molecule has 0 spiro atoms. The molecule has 0 saturated carbocycles. The molecule has 3 aromatic rings. The van der Waals surface area contributed by atoms with E-state index in [1.54, 1.807) is 17.0 Å². The van der Waals surface area contributed by atoms with E-state index < -0.39 is 5.82 Å². The monoisotopic (exact) mass is 395 g/mol. The van der Waals surface area contributed by atoms with Gasteiger partial charge in [0, 0.05) is 32.1 Å². The minimum absolute atomic E-state index is 0.0532. The summed E-state index contributed by atoms with van der Waals surface area (Å²) in [7, 11) is 0. The van der Waals surface area contributed by atoms with Crippen molar-refractivity contribution in [2.24, 2.45) is 0 Å². The van der Waals surface area contributed by atoms with E-state index in [9.17, 15) is 9.18 Å². The minimum Gasteiger partial charge on any atom is -0.378 e. The maximum absolute atomic E-state index is 14.0. The highest BCUT2D eigenvalue weighted by molar-refractivity contribution is 5.94. The first-order chi connectivity index (χ1) is 14.2. The van der Waals surface area contributed by atoms with E-state index in [0.29, 0.717) is 13.1 Å². The molecule has 29 heavy (non-hydrogen) atoms. The van der Waals surface area contributed by atoms with Gasteiger partial charge in [-0.15, -0.1) is 0 Å². The summed E-state index contributed by atoms with van der Waals surface area (Å²) in [6.07, 6.45) is 2.77. The Balaban J connectivity index is 1.33. The molecular weight excluding hydrogens is 373 g/mol. The molecule has 0 N–H and O–H groups in total. The lowest BCUT2D eigenvalue weighted by Crippen LogP contribution is -2.36. The quantitative estimate of drug-likeness (QED) is 0.681. The average molecular weight is 395 g/mol. The Bertz CT molecular complexity index is 1050. The van der Waals surface area contributed by atoms with Crippen LogP contribution in [0.1, 0.15) is 28.5 Å². The third-order valence-corrected chi connectivity index (χ3v) is 5.65. The number of carbonyl (C=O) groups excluding carboxylic acids is 1. The number of ether oxygens (including phenoxy) is 1. The fraction of sp³-hybridized carbons (Fsp3) is 0.381. The number of rotatable bonds is 3. The topological polar surface area (TPSA) is 63.0 Å². The summed E-state index contributed by atoms with van der Waals surface area (Å²) < 4.78 is 21.2. The number of likely N-dealkylation sites (tertiary alicyclic amines) is 1. The standard InChI is InChI=1S/C21H22FN5O2/c22-18-4-2-1-3-17(18)21(28)26-8-7-15(13-26)20-23-19-6-5-16(14-27(19)24-20)25-9-11-29-12-10-25/h1-6,14-15H,7-13H2/t15-/m0/s1. The summed E-state index contributed by atoms with van der Waals surface area (Å²) in [6.45, 7) is 4.27. The van der Waals surface area contributed by atoms with Crippen molar-refractivity contribution in [1.82, 2.24) is 19.5 Å². The number of nitrogens with zero attached hydrogens (tertiary/aromatic N) is 5. The normalized spacial score (nSPS) is 19.8. The number of halogens is 1. The maximum atomic E-state index is 14.0. The molecular formula is C21H22FN5O2. The molecule has 7 nitrogen and oxygen atoms in total. The first-order valence-corrected chi connectivity index (χ1v) is 9.92. The molecule has 0 radical (unpaired) electrons. The van der Waals surface area contributed by atoms with Crippen LogP contribution in [-0.2, 0) is 4.74 Å². The van der Waals surface area contributed by atoms with E-state index in [2.05, 4.69) is 21.0 Å². The fourth-order valence-electron chi connectivity index (χ4n) is 4.03. The smallest absolute Gasteiger partial charge is 0.256 e. The van der Waals surface area contributed by atoms with Gasteiger partial charge in [0.05, 0.1) is 30.7 Å². The average Bonchev–Trinajstić information content (AvgIpc) is 3.41. The van der Waals surface area contributed by atoms with Crippen molar-refractivity contribution in [3.63, 3.8) is 0 Å². The predicted molar refractivity (Wildman–Crippen MR) is 106 cm³/mol. The van der Waals surface area contributed by atoms with Gasteiger partial charge < -0.3 is 14.5 Å². The van der Waals surface area contributed by atoms with Crippen LogP contribution in [0.5, 0.6) is 0 Å². The molecule has 0 unspecified atom stereocenters. The van der Waals surface area contributed by atoms with Gasteiger partial charge in [-0.1, -0.05) is 12.1 Å². The third-order valence-electron chi connectivity index (χ3n) is 5.65. The van der Waals surface area contributed by atoms with Crippen molar-refractivity contribution < 1.29 is 13.9 Å². The van der Waals surface area contributed by atoms with E-state index in [0.717, 1.165) is 49.9 Å². The predicted octanol–water partition coefficient (Wildman–Crippen LogP) is 2.33. The van der Waals surface area contributed by atoms with Gasteiger partial charge in [-0.2, -0.15) is 5.10 Å². The largest absolute Gasteiger partial charge is 0.378 e. The first-order valence-electron chi connectivity index (χ1n) is 9.92. The van der Waals surface area contributed by atoms with Gasteiger partial charge in [0.1, 0.15) is 5.82 Å². The summed E-state index contributed by atoms with van der Waals surface area (Å²) in [6, 6.07) is 10.1. The molecule has 1 aromatic carbocycles. The van der Waals surface area contributed by atoms with Crippen LogP contribution in [0.15, 0.2) is 42.6 Å². The summed E-state index contributed by atoms with van der Waals surface area (Å²) in [5.74, 6) is 0.0248. The zero-order valence-electron chi connectivity index (χ0n) is 16.0. The highest BCUT2D eigenvalue weighted by atomic mass is 19.1. The molecule has 2 fully saturated rings. The van der Waals surface area contributed by atoms with E-state index in [1.807, 2.05) is 16.8 Å². The van der Waals surface area contributed by atoms with Crippen molar-refractivity contribution in [2.45, 2.75) is 12.3 Å². The van der Waals surface area contributed by atoms with Crippen LogP contribution in [0.25, 0.3) is 5.65 Å². The lowest BCUT2D eigenvalue weighted by atomic mass is 10.1. The number of fused-ring (bicyclic) bond motifs is 1. The number of carbonyl (C=O) groups is 1. The van der Waals surface area contributed by atoms with E-state index in [1.165, 1.54) is 12.1 Å². The molecule has 1 atom stereocenters. The third kappa shape index (κ3) is 3.44. The van der Waals surface area contributed by atoms with Gasteiger partial charge in [-0.3, -0.25) is 4.79 Å². The summed E-state index contributed by atoms with van der Waals surface area (Å²) in [5.41, 5.74) is 2.00. The van der Waals surface area contributed by atoms with Crippen LogP contribution in [0, 0.1) is 5.82 Å². The molecule has 0 aliphatic carbocycles. The molecule has 150 valence electrons. The summed E-state index contributed by atoms with van der Waals surface area (Å²) in [5, 5.41) is 4.67. The summed E-state index contributed by atoms with van der Waals surface area (Å²) in [4.78, 5) is 21.3. The molecule has 2 aliphatic heterocycles. The Hall–Kier alpha value is -3.00. The fourth-order valence-corrected chi connectivity index (χ4v) is 4.03. The van der Waals surface area contributed by atoms with Crippen LogP contribution < -0.4 is 4.90 Å². The van der Waals surface area contributed by atoms with Gasteiger partial charge in [0.2, 0.25) is 0 Å². The minimum atomic E-state index is -0.484. The van der Waals surface area contributed by atoms with Crippen molar-refractivity contribution in [2.75, 3.05) is 44.3 Å². The summed E-state index contributed by atoms with van der Waals surface area (Å²) >= 11 is 0. The van der Waals surface area contributed by atoms with Gasteiger partial charge in [-0.05, 0) is 30.7 Å². The SMILES string of the molecule is O=C(c1ccccc1F)N1CC[C@H](c2nc3ccc(N4CCOCC4)cn3n2)C1. The van der Waals surface area contributed by atoms with Crippen LogP contribution >= 0.6 is 0 Å². The van der Waals surface area contributed by atoms with Gasteiger partial charge in [0.15, 0.2) is 11.5 Å². The van der Waals surface area contributed by atoms with E-state index in [-0.39, 0.29) is 17.4 Å². The van der Waals surface area contributed by atoms with Crippen molar-refractivity contribution in [1.29, 1.82) is 0 Å². The van der Waals surface area contributed by atoms with Crippen molar-refractivity contribution in [3.8, 4) is 0 Å². The highest BCUT2D eigenvalue weighted by Crippen LogP contribution is 2.27. The maximum Gasteiger partial charge on any atom is 0.256 e. The Morgan fingerprint density at radius 3 is 2.76 bits per heavy atom. The van der Waals surface area contributed by atoms with Crippen LogP contribution in [0.3, 0.4) is 0 Å². The number of hydrogen-bond donors (Lipinski definition) is 0. The van der Waals surface area contributed by atoms with E-state index in [4.69, 9.17) is 4.74 Å². The second-order valence-corrected chi connectivity index (χ2v) is 7.48. The number of anilines is 1. The number of benzene rings is 1. The molecule has 2 aromatic heterocycles. The molecule has 2 aliphatic rings.